The molecule has 0 bridgehead atoms. The lowest BCUT2D eigenvalue weighted by Crippen LogP contribution is -2.30. The van der Waals surface area contributed by atoms with Crippen LogP contribution in [-0.4, -0.2) is 37.9 Å². The average molecular weight is 946 g/mol. The maximum absolute atomic E-state index is 12.8. The molecule has 0 amide bonds. The van der Waals surface area contributed by atoms with Gasteiger partial charge in [0.25, 0.3) is 0 Å². The Morgan fingerprint density at radius 2 is 0.691 bits per heavy atom. The summed E-state index contributed by atoms with van der Waals surface area (Å²) in [4.78, 5) is 25.5. The van der Waals surface area contributed by atoms with Crippen molar-refractivity contribution in [3.8, 4) is 0 Å². The van der Waals surface area contributed by atoms with Gasteiger partial charge in [-0.05, 0) is 109 Å². The molecule has 0 aliphatic rings. The van der Waals surface area contributed by atoms with E-state index in [-0.39, 0.29) is 25.2 Å². The molecule has 390 valence electrons. The molecule has 0 radical (unpaired) electrons. The van der Waals surface area contributed by atoms with Gasteiger partial charge in [0.05, 0.1) is 6.61 Å². The molecule has 1 unspecified atom stereocenters. The number of carbonyl (C=O) groups excluding carboxylic acids is 2. The van der Waals surface area contributed by atoms with Gasteiger partial charge in [-0.2, -0.15) is 0 Å². The first-order chi connectivity index (χ1) is 33.6. The predicted octanol–water partition coefficient (Wildman–Crippen LogP) is 19.8. The van der Waals surface area contributed by atoms with Gasteiger partial charge in [0.2, 0.25) is 0 Å². The molecule has 0 spiro atoms. The van der Waals surface area contributed by atoms with Crippen LogP contribution in [0, 0.1) is 0 Å². The summed E-state index contributed by atoms with van der Waals surface area (Å²) in [6.07, 6.45) is 78.7. The smallest absolute Gasteiger partial charge is 0.306 e. The van der Waals surface area contributed by atoms with Gasteiger partial charge in [-0.1, -0.05) is 240 Å². The zero-order valence-corrected chi connectivity index (χ0v) is 44.8. The summed E-state index contributed by atoms with van der Waals surface area (Å²) >= 11 is 0. The molecule has 0 N–H and O–H groups in total. The van der Waals surface area contributed by atoms with E-state index in [1.165, 1.54) is 148 Å². The molecule has 0 heterocycles. The molecule has 5 heteroatoms. The molecule has 0 fully saturated rings. The molecule has 0 aliphatic carbocycles. The molecule has 0 saturated heterocycles. The van der Waals surface area contributed by atoms with Crippen molar-refractivity contribution in [2.75, 3.05) is 19.8 Å². The van der Waals surface area contributed by atoms with E-state index in [0.29, 0.717) is 25.9 Å². The van der Waals surface area contributed by atoms with Crippen molar-refractivity contribution in [3.05, 3.63) is 97.2 Å². The number of allylic oxidation sites excluding steroid dienone is 16. The van der Waals surface area contributed by atoms with Crippen LogP contribution in [0.2, 0.25) is 0 Å². The van der Waals surface area contributed by atoms with Gasteiger partial charge in [0.15, 0.2) is 6.10 Å². The van der Waals surface area contributed by atoms with Crippen LogP contribution < -0.4 is 0 Å². The molecule has 68 heavy (non-hydrogen) atoms. The molecular formula is C63H108O5. The van der Waals surface area contributed by atoms with Gasteiger partial charge in [-0.3, -0.25) is 9.59 Å². The van der Waals surface area contributed by atoms with E-state index in [1.54, 1.807) is 0 Å². The third-order valence-electron chi connectivity index (χ3n) is 12.1. The van der Waals surface area contributed by atoms with Crippen LogP contribution in [0.15, 0.2) is 97.2 Å². The largest absolute Gasteiger partial charge is 0.462 e. The Hall–Kier alpha value is -3.18. The van der Waals surface area contributed by atoms with Crippen molar-refractivity contribution >= 4 is 11.9 Å². The van der Waals surface area contributed by atoms with E-state index in [1.807, 2.05) is 6.08 Å². The molecule has 0 aromatic carbocycles. The zero-order valence-electron chi connectivity index (χ0n) is 44.8. The Balaban J connectivity index is 4.40. The van der Waals surface area contributed by atoms with E-state index in [9.17, 15) is 9.59 Å². The maximum Gasteiger partial charge on any atom is 0.306 e. The van der Waals surface area contributed by atoms with Crippen LogP contribution in [0.25, 0.3) is 0 Å². The summed E-state index contributed by atoms with van der Waals surface area (Å²) in [5, 5.41) is 0. The summed E-state index contributed by atoms with van der Waals surface area (Å²) in [5.74, 6) is -0.503. The molecule has 0 rings (SSSR count). The molecule has 0 aromatic heterocycles. The number of hydrogen-bond acceptors (Lipinski definition) is 5. The first kappa shape index (κ1) is 64.8. The highest BCUT2D eigenvalue weighted by molar-refractivity contribution is 5.70. The average Bonchev–Trinajstić information content (AvgIpc) is 3.34. The van der Waals surface area contributed by atoms with Crippen LogP contribution in [0.5, 0.6) is 0 Å². The van der Waals surface area contributed by atoms with Crippen LogP contribution in [0.3, 0.4) is 0 Å². The Labute approximate surface area is 422 Å². The summed E-state index contributed by atoms with van der Waals surface area (Å²) in [6, 6.07) is 0. The molecule has 0 aliphatic heterocycles. The second kappa shape index (κ2) is 58.1. The first-order valence-electron chi connectivity index (χ1n) is 28.8. The predicted molar refractivity (Wildman–Crippen MR) is 297 cm³/mol. The van der Waals surface area contributed by atoms with Crippen molar-refractivity contribution in [2.45, 2.75) is 271 Å². The van der Waals surface area contributed by atoms with Gasteiger partial charge >= 0.3 is 11.9 Å². The number of unbranched alkanes of at least 4 members (excludes halogenated alkanes) is 25. The minimum atomic E-state index is -0.578. The Bertz CT molecular complexity index is 1300. The van der Waals surface area contributed by atoms with E-state index >= 15 is 0 Å². The summed E-state index contributed by atoms with van der Waals surface area (Å²) in [5.41, 5.74) is 0. The van der Waals surface area contributed by atoms with Crippen LogP contribution in [0.4, 0.5) is 0 Å². The van der Waals surface area contributed by atoms with Gasteiger partial charge in [0.1, 0.15) is 6.61 Å². The molecule has 0 aromatic rings. The first-order valence-corrected chi connectivity index (χ1v) is 28.8. The number of esters is 2. The third-order valence-corrected chi connectivity index (χ3v) is 12.1. The summed E-state index contributed by atoms with van der Waals surface area (Å²) < 4.78 is 17.4. The quantitative estimate of drug-likeness (QED) is 0.0345. The minimum Gasteiger partial charge on any atom is -0.462 e. The number of carbonyl (C=O) groups is 2. The highest BCUT2D eigenvalue weighted by Gasteiger charge is 2.17. The van der Waals surface area contributed by atoms with Crippen molar-refractivity contribution in [1.82, 2.24) is 0 Å². The number of ether oxygens (including phenoxy) is 3. The Morgan fingerprint density at radius 1 is 0.338 bits per heavy atom. The van der Waals surface area contributed by atoms with Crippen LogP contribution >= 0.6 is 0 Å². The number of hydrogen-bond donors (Lipinski definition) is 0. The molecule has 0 saturated carbocycles. The second-order valence-electron chi connectivity index (χ2n) is 18.8. The fourth-order valence-electron chi connectivity index (χ4n) is 7.82. The third kappa shape index (κ3) is 55.4. The monoisotopic (exact) mass is 945 g/mol. The van der Waals surface area contributed by atoms with Gasteiger partial charge in [-0.15, -0.1) is 0 Å². The maximum atomic E-state index is 12.8. The molecule has 5 nitrogen and oxygen atoms in total. The van der Waals surface area contributed by atoms with Gasteiger partial charge in [-0.25, -0.2) is 0 Å². The van der Waals surface area contributed by atoms with E-state index in [0.717, 1.165) is 77.0 Å². The standard InChI is InChI=1S/C63H108O5/c1-4-7-10-13-16-19-22-25-28-30-32-33-36-38-41-44-47-50-53-56-62(64)67-60-61(68-63(65)57-54-51-48-45-42-39-35-27-24-21-18-15-12-9-6-3)59-66-58-55-52-49-46-43-40-37-34-31-29-26-23-20-17-14-11-8-5-2/h7,10,16,19,25-29,32-33,35,38,41,47,50,61H,4-6,8-9,11-15,17-18,20-24,30-31,34,36-37,39-40,42-46,48-49,51-60H2,1-3H3/b10-7-,19-16-,28-25-,29-26-,33-32-,35-27-,41-38-,50-47-. The minimum absolute atomic E-state index is 0.0373. The highest BCUT2D eigenvalue weighted by Crippen LogP contribution is 2.14. The normalized spacial score (nSPS) is 12.9. The fraction of sp³-hybridized carbons (Fsp3) is 0.714. The van der Waals surface area contributed by atoms with Crippen molar-refractivity contribution in [1.29, 1.82) is 0 Å². The SMILES string of the molecule is CC/C=C\C/C=C\C/C=C\C/C=C\C/C=C\C/C=C\CCC(=O)OCC(COCCCCCCCCCC/C=C\CCCCCCCC)OC(=O)CCCCCCC/C=C\CCCCCCCC. The summed E-state index contributed by atoms with van der Waals surface area (Å²) in [7, 11) is 0. The lowest BCUT2D eigenvalue weighted by molar-refractivity contribution is -0.162. The van der Waals surface area contributed by atoms with Crippen molar-refractivity contribution in [3.63, 3.8) is 0 Å². The van der Waals surface area contributed by atoms with Crippen molar-refractivity contribution < 1.29 is 23.8 Å². The van der Waals surface area contributed by atoms with Gasteiger partial charge < -0.3 is 14.2 Å². The van der Waals surface area contributed by atoms with E-state index < -0.39 is 6.10 Å². The van der Waals surface area contributed by atoms with Crippen LogP contribution in [-0.2, 0) is 23.8 Å². The zero-order chi connectivity index (χ0) is 49.2. The fourth-order valence-corrected chi connectivity index (χ4v) is 7.82. The van der Waals surface area contributed by atoms with E-state index in [4.69, 9.17) is 14.2 Å². The summed E-state index contributed by atoms with van der Waals surface area (Å²) in [6.45, 7) is 7.63. The Kier molecular flexibility index (Phi) is 55.4. The second-order valence-corrected chi connectivity index (χ2v) is 18.8. The van der Waals surface area contributed by atoms with Crippen LogP contribution in [0.1, 0.15) is 265 Å². The van der Waals surface area contributed by atoms with Crippen molar-refractivity contribution in [2.24, 2.45) is 0 Å². The highest BCUT2D eigenvalue weighted by atomic mass is 16.6. The molecule has 1 atom stereocenters. The van der Waals surface area contributed by atoms with Gasteiger partial charge in [0, 0.05) is 19.4 Å². The molecular weight excluding hydrogens is 837 g/mol. The lowest BCUT2D eigenvalue weighted by atomic mass is 10.1. The topological polar surface area (TPSA) is 61.8 Å². The lowest BCUT2D eigenvalue weighted by Gasteiger charge is -2.18. The van der Waals surface area contributed by atoms with E-state index in [2.05, 4.69) is 112 Å². The number of rotatable bonds is 52. The Morgan fingerprint density at radius 3 is 1.12 bits per heavy atom.